The van der Waals surface area contributed by atoms with Gasteiger partial charge in [-0.05, 0) is 36.8 Å². The molecule has 1 aromatic carbocycles. The summed E-state index contributed by atoms with van der Waals surface area (Å²) in [5.41, 5.74) is 6.06. The van der Waals surface area contributed by atoms with E-state index in [2.05, 4.69) is 4.72 Å². The Morgan fingerprint density at radius 1 is 1.33 bits per heavy atom. The molecule has 21 heavy (non-hydrogen) atoms. The van der Waals surface area contributed by atoms with Gasteiger partial charge in [-0.25, -0.2) is 17.5 Å². The molecule has 4 nitrogen and oxygen atoms in total. The van der Waals surface area contributed by atoms with Crippen LogP contribution >= 0.6 is 11.8 Å². The lowest BCUT2D eigenvalue weighted by Crippen LogP contribution is -2.39. The van der Waals surface area contributed by atoms with Crippen LogP contribution in [0.1, 0.15) is 32.3 Å². The highest BCUT2D eigenvalue weighted by Crippen LogP contribution is 2.30. The molecule has 0 aromatic heterocycles. The summed E-state index contributed by atoms with van der Waals surface area (Å²) in [6.07, 6.45) is 3.62. The van der Waals surface area contributed by atoms with Crippen LogP contribution in [-0.2, 0) is 16.6 Å². The molecule has 0 amide bonds. The van der Waals surface area contributed by atoms with E-state index in [1.807, 2.05) is 20.1 Å². The number of rotatable bonds is 8. The Hall–Kier alpha value is -0.630. The molecule has 120 valence electrons. The van der Waals surface area contributed by atoms with Crippen molar-refractivity contribution in [2.24, 2.45) is 5.73 Å². The van der Waals surface area contributed by atoms with Crippen molar-refractivity contribution in [2.45, 2.75) is 42.9 Å². The highest BCUT2D eigenvalue weighted by Gasteiger charge is 2.28. The third-order valence-electron chi connectivity index (χ3n) is 3.83. The van der Waals surface area contributed by atoms with Crippen molar-refractivity contribution in [3.8, 4) is 0 Å². The van der Waals surface area contributed by atoms with Gasteiger partial charge in [-0.2, -0.15) is 11.8 Å². The second-order valence-electron chi connectivity index (χ2n) is 4.89. The number of thioether (sulfide) groups is 1. The van der Waals surface area contributed by atoms with Gasteiger partial charge in [0.1, 0.15) is 10.7 Å². The smallest absolute Gasteiger partial charge is 0.243 e. The average Bonchev–Trinajstić information content (AvgIpc) is 2.49. The summed E-state index contributed by atoms with van der Waals surface area (Å²) in [4.78, 5) is -0.340. The van der Waals surface area contributed by atoms with Crippen molar-refractivity contribution in [3.63, 3.8) is 0 Å². The van der Waals surface area contributed by atoms with E-state index in [4.69, 9.17) is 5.73 Å². The summed E-state index contributed by atoms with van der Waals surface area (Å²) < 4.78 is 40.8. The van der Waals surface area contributed by atoms with Crippen LogP contribution in [0.25, 0.3) is 0 Å². The summed E-state index contributed by atoms with van der Waals surface area (Å²) in [7, 11) is -3.88. The minimum atomic E-state index is -3.88. The molecule has 0 bridgehead atoms. The predicted molar refractivity (Wildman–Crippen MR) is 86.3 cm³/mol. The monoisotopic (exact) mass is 334 g/mol. The molecule has 0 aliphatic carbocycles. The molecule has 0 saturated heterocycles. The Labute approximate surface area is 130 Å². The van der Waals surface area contributed by atoms with Gasteiger partial charge < -0.3 is 5.73 Å². The van der Waals surface area contributed by atoms with Crippen LogP contribution in [0, 0.1) is 5.82 Å². The Morgan fingerprint density at radius 2 is 1.95 bits per heavy atom. The van der Waals surface area contributed by atoms with Crippen molar-refractivity contribution >= 4 is 21.8 Å². The molecule has 7 heteroatoms. The van der Waals surface area contributed by atoms with Crippen molar-refractivity contribution in [2.75, 3.05) is 12.8 Å². The number of sulfonamides is 1. The van der Waals surface area contributed by atoms with E-state index >= 15 is 0 Å². The lowest BCUT2D eigenvalue weighted by Gasteiger charge is -2.29. The zero-order chi connectivity index (χ0) is 16.1. The highest BCUT2D eigenvalue weighted by atomic mass is 32.2. The molecule has 0 spiro atoms. The van der Waals surface area contributed by atoms with Crippen LogP contribution in [0.3, 0.4) is 0 Å². The van der Waals surface area contributed by atoms with E-state index in [9.17, 15) is 12.8 Å². The van der Waals surface area contributed by atoms with Gasteiger partial charge in [-0.3, -0.25) is 0 Å². The first kappa shape index (κ1) is 18.4. The lowest BCUT2D eigenvalue weighted by atomic mass is 10.0. The van der Waals surface area contributed by atoms with Crippen LogP contribution in [0.2, 0.25) is 0 Å². The molecule has 0 fully saturated rings. The molecule has 3 N–H and O–H groups in total. The van der Waals surface area contributed by atoms with Crippen LogP contribution in [0.15, 0.2) is 23.1 Å². The summed E-state index contributed by atoms with van der Waals surface area (Å²) in [5, 5.41) is 0. The summed E-state index contributed by atoms with van der Waals surface area (Å²) in [6.45, 7) is 4.48. The Morgan fingerprint density at radius 3 is 2.43 bits per heavy atom. The summed E-state index contributed by atoms with van der Waals surface area (Å²) in [6, 6.07) is 3.91. The zero-order valence-corrected chi connectivity index (χ0v) is 14.3. The Bertz CT molecular complexity index is 564. The standard InChI is InChI=1S/C14H23FN2O2S2/c1-4-14(5-2,20-3)10-17-21(18,19)13-8-11(9-16)6-7-12(13)15/h6-8,17H,4-5,9-10,16H2,1-3H3. The largest absolute Gasteiger partial charge is 0.326 e. The first-order valence-electron chi connectivity index (χ1n) is 6.87. The summed E-state index contributed by atoms with van der Waals surface area (Å²) >= 11 is 1.62. The zero-order valence-electron chi connectivity index (χ0n) is 12.6. The van der Waals surface area contributed by atoms with Crippen LogP contribution in [0.5, 0.6) is 0 Å². The minimum absolute atomic E-state index is 0.168. The number of halogens is 1. The molecule has 1 rings (SSSR count). The molecule has 0 aliphatic heterocycles. The van der Waals surface area contributed by atoms with Crippen molar-refractivity contribution in [1.29, 1.82) is 0 Å². The van der Waals surface area contributed by atoms with Gasteiger partial charge >= 0.3 is 0 Å². The van der Waals surface area contributed by atoms with Crippen molar-refractivity contribution in [1.82, 2.24) is 4.72 Å². The maximum Gasteiger partial charge on any atom is 0.243 e. The van der Waals surface area contributed by atoms with Crippen molar-refractivity contribution in [3.05, 3.63) is 29.6 Å². The third kappa shape index (κ3) is 4.42. The van der Waals surface area contributed by atoms with Crippen LogP contribution in [-0.4, -0.2) is 26.0 Å². The second-order valence-corrected chi connectivity index (χ2v) is 7.90. The fourth-order valence-electron chi connectivity index (χ4n) is 2.05. The number of benzene rings is 1. The molecule has 1 aromatic rings. The topological polar surface area (TPSA) is 72.2 Å². The van der Waals surface area contributed by atoms with E-state index in [1.165, 1.54) is 12.1 Å². The first-order chi connectivity index (χ1) is 9.84. The number of nitrogens with one attached hydrogen (secondary N) is 1. The van der Waals surface area contributed by atoms with Gasteiger partial charge in [0.05, 0.1) is 0 Å². The molecule has 0 aliphatic rings. The Balaban J connectivity index is 3.02. The van der Waals surface area contributed by atoms with E-state index in [1.54, 1.807) is 11.8 Å². The van der Waals surface area contributed by atoms with E-state index in [0.717, 1.165) is 18.9 Å². The van der Waals surface area contributed by atoms with Gasteiger partial charge in [0.25, 0.3) is 0 Å². The van der Waals surface area contributed by atoms with Gasteiger partial charge in [-0.15, -0.1) is 0 Å². The molecule has 0 radical (unpaired) electrons. The minimum Gasteiger partial charge on any atom is -0.326 e. The Kier molecular flexibility index (Phi) is 6.65. The van der Waals surface area contributed by atoms with E-state index < -0.39 is 15.8 Å². The summed E-state index contributed by atoms with van der Waals surface area (Å²) in [5.74, 6) is -0.762. The number of hydrogen-bond donors (Lipinski definition) is 2. The van der Waals surface area contributed by atoms with Gasteiger partial charge in [0.2, 0.25) is 10.0 Å². The van der Waals surface area contributed by atoms with E-state index in [0.29, 0.717) is 5.56 Å². The molecule has 0 atom stereocenters. The van der Waals surface area contributed by atoms with Crippen LogP contribution < -0.4 is 10.5 Å². The number of hydrogen-bond acceptors (Lipinski definition) is 4. The molecular weight excluding hydrogens is 311 g/mol. The third-order valence-corrected chi connectivity index (χ3v) is 6.83. The van der Waals surface area contributed by atoms with Gasteiger partial charge in [0, 0.05) is 17.8 Å². The SMILES string of the molecule is CCC(CC)(CNS(=O)(=O)c1cc(CN)ccc1F)SC. The number of nitrogens with two attached hydrogens (primary N) is 1. The highest BCUT2D eigenvalue weighted by molar-refractivity contribution is 8.00. The second kappa shape index (κ2) is 7.58. The maximum atomic E-state index is 13.8. The maximum absolute atomic E-state index is 13.8. The lowest BCUT2D eigenvalue weighted by molar-refractivity contribution is 0.516. The van der Waals surface area contributed by atoms with Crippen LogP contribution in [0.4, 0.5) is 4.39 Å². The average molecular weight is 334 g/mol. The van der Waals surface area contributed by atoms with Crippen molar-refractivity contribution < 1.29 is 12.8 Å². The van der Waals surface area contributed by atoms with Gasteiger partial charge in [0.15, 0.2) is 0 Å². The first-order valence-corrected chi connectivity index (χ1v) is 9.58. The molecule has 0 saturated carbocycles. The predicted octanol–water partition coefficient (Wildman–Crippen LogP) is 2.48. The van der Waals surface area contributed by atoms with Gasteiger partial charge in [-0.1, -0.05) is 19.9 Å². The quantitative estimate of drug-likeness (QED) is 0.766. The fraction of sp³-hybridized carbons (Fsp3) is 0.571. The van der Waals surface area contributed by atoms with E-state index in [-0.39, 0.29) is 22.7 Å². The molecule has 0 heterocycles. The normalized spacial score (nSPS) is 12.6. The molecule has 0 unspecified atom stereocenters. The fourth-order valence-corrected chi connectivity index (χ4v) is 4.18. The molecular formula is C14H23FN2O2S2.